The Bertz CT molecular complexity index is 2280. The fourth-order valence-corrected chi connectivity index (χ4v) is 11.7. The van der Waals surface area contributed by atoms with Crippen molar-refractivity contribution in [3.8, 4) is 0 Å². The van der Waals surface area contributed by atoms with Gasteiger partial charge in [0.2, 0.25) is 35.4 Å². The first kappa shape index (κ1) is 85.1. The van der Waals surface area contributed by atoms with Crippen LogP contribution in [0.15, 0.2) is 0 Å². The maximum Gasteiger partial charge on any atom is 0.253 e. The number of nitrogens with one attached hydrogen (secondary N) is 5. The predicted molar refractivity (Wildman–Crippen MR) is 342 cm³/mol. The molecule has 0 aromatic carbocycles. The molecule has 552 valence electrons. The number of carbonyl (C=O) groups excluding carboxylic acids is 7. The van der Waals surface area contributed by atoms with E-state index in [4.69, 9.17) is 32.9 Å². The van der Waals surface area contributed by atoms with Crippen LogP contribution in [0.25, 0.3) is 0 Å². The number of ether oxygens (including phenoxy) is 6. The zero-order valence-electron chi connectivity index (χ0n) is 56.2. The molecule has 7 unspecified atom stereocenters. The Morgan fingerprint density at radius 2 is 0.758 bits per heavy atom. The highest BCUT2D eigenvalue weighted by Crippen LogP contribution is 2.37. The van der Waals surface area contributed by atoms with Crippen molar-refractivity contribution in [3.63, 3.8) is 0 Å². The molecule has 7 amide bonds. The summed E-state index contributed by atoms with van der Waals surface area (Å²) in [4.78, 5) is 91.7. The second-order valence-electron chi connectivity index (χ2n) is 25.0. The minimum atomic E-state index is -3.06. The zero-order valence-corrected chi connectivity index (χ0v) is 57.1. The molecule has 0 aliphatic carbocycles. The third-order valence-electron chi connectivity index (χ3n) is 16.4. The average Bonchev–Trinajstić information content (AvgIpc) is 0.837. The Morgan fingerprint density at radius 3 is 1.11 bits per heavy atom. The number of unbranched alkanes of at least 4 members (excludes halogenated alkanes) is 12. The number of aliphatic hydroxyl groups excluding tert-OH is 10. The van der Waals surface area contributed by atoms with E-state index >= 15 is 0 Å². The zero-order chi connectivity index (χ0) is 70.5. The number of hydrogen-bond donors (Lipinski definition) is 15. The van der Waals surface area contributed by atoms with Crippen LogP contribution >= 0.6 is 7.37 Å². The Labute approximate surface area is 557 Å². The van der Waals surface area contributed by atoms with Crippen molar-refractivity contribution < 1.29 is 122 Å². The molecule has 16 atom stereocenters. The molecule has 95 heavy (non-hydrogen) atoms. The Hall–Kier alpha value is -4.16. The van der Waals surface area contributed by atoms with Crippen LogP contribution in [0.2, 0.25) is 0 Å². The number of nitrogens with zero attached hydrogens (tertiary/aromatic N) is 2. The Kier molecular flexibility index (Phi) is 42.1. The van der Waals surface area contributed by atoms with Crippen molar-refractivity contribution in [2.75, 3.05) is 98.8 Å². The highest BCUT2D eigenvalue weighted by molar-refractivity contribution is 7.57. The number of carbonyl (C=O) groups is 7. The summed E-state index contributed by atoms with van der Waals surface area (Å²) < 4.78 is 51.8. The molecule has 3 aliphatic heterocycles. The van der Waals surface area contributed by atoms with E-state index < -0.39 is 155 Å². The van der Waals surface area contributed by atoms with Gasteiger partial charge in [-0.15, -0.1) is 0 Å². The van der Waals surface area contributed by atoms with Gasteiger partial charge in [-0.3, -0.25) is 38.1 Å². The first-order valence-electron chi connectivity index (χ1n) is 33.7. The standard InChI is InChI=1S/C62H114N7O25P/c1-40(73)65-50-56(83)53(80)44(36-70)92-60(50)88-33-18-12-6-9-15-24-47(77)63-27-21-29-68(49(79)26-17-11-8-14-20-35-90-62-52(67-42(3)75)58(85)55(82)46(38-72)94-62)31-23-32-69(59(86)43(76)39-91-95(4,5)87)30-22-28-64-48(78)25-16-10-7-13-19-34-89-61-51(66-41(2)74)57(84)54(81)45(37-71)93-61/h43-46,50-58,60-62,70-72,76,80-85H,6-39H2,1-5H3,(H,63,77)(H,64,78)(H,65,73)(H,66,74)(H,67,75)/t43?,44?,45?,46?,50?,51?,52?,53-,54-,55-,56+,57+,58+,60+,61+,62+/m0/s1. The van der Waals surface area contributed by atoms with E-state index in [1.807, 2.05) is 0 Å². The number of aliphatic hydroxyl groups is 10. The predicted octanol–water partition coefficient (Wildman–Crippen LogP) is -2.14. The van der Waals surface area contributed by atoms with Gasteiger partial charge in [0.1, 0.15) is 73.1 Å². The van der Waals surface area contributed by atoms with Gasteiger partial charge in [0.15, 0.2) is 32.3 Å². The molecule has 3 rings (SSSR count). The van der Waals surface area contributed by atoms with Gasteiger partial charge < -0.3 is 120 Å². The van der Waals surface area contributed by atoms with E-state index in [0.29, 0.717) is 70.6 Å². The molecule has 3 fully saturated rings. The van der Waals surface area contributed by atoms with Crippen LogP contribution in [0, 0.1) is 0 Å². The lowest BCUT2D eigenvalue weighted by Crippen LogP contribution is -2.64. The van der Waals surface area contributed by atoms with Crippen LogP contribution in [0.1, 0.15) is 156 Å². The van der Waals surface area contributed by atoms with Gasteiger partial charge in [-0.25, -0.2) is 0 Å². The smallest absolute Gasteiger partial charge is 0.253 e. The topological polar surface area (TPSA) is 470 Å². The fraction of sp³-hybridized carbons (Fsp3) is 0.887. The monoisotopic (exact) mass is 1390 g/mol. The molecule has 3 saturated heterocycles. The molecule has 0 saturated carbocycles. The van der Waals surface area contributed by atoms with E-state index in [0.717, 1.165) is 44.9 Å². The summed E-state index contributed by atoms with van der Waals surface area (Å²) in [5.41, 5.74) is 0. The van der Waals surface area contributed by atoms with Crippen LogP contribution < -0.4 is 26.6 Å². The first-order valence-corrected chi connectivity index (χ1v) is 36.3. The second kappa shape index (κ2) is 47.0. The molecular weight excluding hydrogens is 1270 g/mol. The van der Waals surface area contributed by atoms with Gasteiger partial charge >= 0.3 is 0 Å². The number of hydrogen-bond acceptors (Lipinski definition) is 25. The molecule has 3 heterocycles. The van der Waals surface area contributed by atoms with Crippen LogP contribution in [0.3, 0.4) is 0 Å². The molecule has 0 radical (unpaired) electrons. The van der Waals surface area contributed by atoms with E-state index in [9.17, 15) is 89.2 Å². The molecule has 33 heteroatoms. The molecule has 3 aliphatic rings. The fourth-order valence-electron chi connectivity index (χ4n) is 11.2. The van der Waals surface area contributed by atoms with E-state index in [1.54, 1.807) is 4.90 Å². The summed E-state index contributed by atoms with van der Waals surface area (Å²) in [5, 5.41) is 115. The Morgan fingerprint density at radius 1 is 0.442 bits per heavy atom. The normalized spacial score (nSPS) is 26.5. The molecule has 0 spiro atoms. The van der Waals surface area contributed by atoms with Crippen molar-refractivity contribution in [1.29, 1.82) is 0 Å². The summed E-state index contributed by atoms with van der Waals surface area (Å²) >= 11 is 0. The SMILES string of the molecule is CC(=O)NC1[C@H](OCCCCCCCC(=O)NCCCN(CCCN(CCCNC(=O)CCCCCCCO[C@@H]2OC(CO)[C@H](O)[C@H](O)C2NC(C)=O)C(=O)C(O)COP(C)(C)=O)C(=O)CCCCCCCO[C@@H]2OC(CO)[C@H](O)[C@H](O)C2NC(C)=O)OC(CO)[C@H](O)[C@@H]1O. The highest BCUT2D eigenvalue weighted by atomic mass is 31.2. The third-order valence-corrected chi connectivity index (χ3v) is 17.2. The van der Waals surface area contributed by atoms with Crippen LogP contribution in [-0.4, -0.2) is 299 Å². The van der Waals surface area contributed by atoms with E-state index in [-0.39, 0.29) is 96.1 Å². The Balaban J connectivity index is 1.50. The molecule has 0 bridgehead atoms. The molecular formula is C62H114N7O25P. The average molecular weight is 1390 g/mol. The van der Waals surface area contributed by atoms with E-state index in [1.165, 1.54) is 39.0 Å². The lowest BCUT2D eigenvalue weighted by atomic mass is 9.97. The van der Waals surface area contributed by atoms with Crippen molar-refractivity contribution in [2.45, 2.75) is 254 Å². The molecule has 15 N–H and O–H groups in total. The number of rotatable bonds is 49. The van der Waals surface area contributed by atoms with Gasteiger partial charge in [-0.05, 0) is 57.8 Å². The summed E-state index contributed by atoms with van der Waals surface area (Å²) in [6, 6.07) is -3.12. The summed E-state index contributed by atoms with van der Waals surface area (Å²) in [6.45, 7) is 6.22. The van der Waals surface area contributed by atoms with Crippen molar-refractivity contribution in [1.82, 2.24) is 36.4 Å². The minimum absolute atomic E-state index is 0.115. The van der Waals surface area contributed by atoms with Crippen molar-refractivity contribution in [3.05, 3.63) is 0 Å². The van der Waals surface area contributed by atoms with Gasteiger partial charge in [0.05, 0.1) is 26.4 Å². The maximum absolute atomic E-state index is 13.9. The molecule has 0 aromatic heterocycles. The van der Waals surface area contributed by atoms with E-state index in [2.05, 4.69) is 26.6 Å². The summed E-state index contributed by atoms with van der Waals surface area (Å²) in [7, 11) is -3.06. The van der Waals surface area contributed by atoms with Gasteiger partial charge in [-0.2, -0.15) is 0 Å². The van der Waals surface area contributed by atoms with Gasteiger partial charge in [-0.1, -0.05) is 57.8 Å². The number of amides is 7. The van der Waals surface area contributed by atoms with Crippen molar-refractivity contribution >= 4 is 48.7 Å². The van der Waals surface area contributed by atoms with Gasteiger partial charge in [0, 0.05) is 112 Å². The highest BCUT2D eigenvalue weighted by Gasteiger charge is 2.48. The van der Waals surface area contributed by atoms with Crippen LogP contribution in [-0.2, 0) is 71.1 Å². The third kappa shape index (κ3) is 33.0. The first-order chi connectivity index (χ1) is 45.2. The summed E-state index contributed by atoms with van der Waals surface area (Å²) in [5.74, 6) is -2.52. The lowest BCUT2D eigenvalue weighted by molar-refractivity contribution is -0.270. The lowest BCUT2D eigenvalue weighted by Gasteiger charge is -2.42. The largest absolute Gasteiger partial charge is 0.394 e. The maximum atomic E-state index is 13.9. The quantitative estimate of drug-likeness (QED) is 0.0228. The van der Waals surface area contributed by atoms with Crippen molar-refractivity contribution in [2.24, 2.45) is 0 Å². The minimum Gasteiger partial charge on any atom is -0.394 e. The molecule has 0 aromatic rings. The second-order valence-corrected chi connectivity index (χ2v) is 27.8. The van der Waals surface area contributed by atoms with Gasteiger partial charge in [0.25, 0.3) is 5.91 Å². The van der Waals surface area contributed by atoms with Crippen LogP contribution in [0.4, 0.5) is 0 Å². The van der Waals surface area contributed by atoms with Crippen LogP contribution in [0.5, 0.6) is 0 Å². The summed E-state index contributed by atoms with van der Waals surface area (Å²) in [6.07, 6.45) is -4.62. The molecule has 32 nitrogen and oxygen atoms in total.